The number of carbonyl (C=O) groups is 3. The van der Waals surface area contributed by atoms with E-state index in [1.54, 1.807) is 24.3 Å². The molecule has 1 fully saturated rings. The van der Waals surface area contributed by atoms with E-state index in [9.17, 15) is 14.4 Å². The van der Waals surface area contributed by atoms with E-state index >= 15 is 0 Å². The van der Waals surface area contributed by atoms with Gasteiger partial charge in [-0.05, 0) is 24.3 Å². The number of nitrogens with one attached hydrogen (secondary N) is 1. The Kier molecular flexibility index (Phi) is 4.42. The molecule has 1 saturated heterocycles. The van der Waals surface area contributed by atoms with E-state index in [2.05, 4.69) is 10.2 Å². The van der Waals surface area contributed by atoms with Crippen molar-refractivity contribution in [3.63, 3.8) is 0 Å². The molecule has 0 spiro atoms. The molecule has 0 aliphatic carbocycles. The number of amides is 2. The minimum Gasteiger partial charge on any atom is -0.497 e. The zero-order chi connectivity index (χ0) is 15.4. The summed E-state index contributed by atoms with van der Waals surface area (Å²) in [5.41, 5.74) is 2.85. The van der Waals surface area contributed by atoms with Crippen molar-refractivity contribution < 1.29 is 23.9 Å². The molecule has 0 bridgehead atoms. The third-order valence-electron chi connectivity index (χ3n) is 3.21. The van der Waals surface area contributed by atoms with Gasteiger partial charge in [-0.3, -0.25) is 19.8 Å². The fourth-order valence-electron chi connectivity index (χ4n) is 2.10. The van der Waals surface area contributed by atoms with Crippen LogP contribution in [0.1, 0.15) is 16.8 Å². The Labute approximate surface area is 121 Å². The molecule has 21 heavy (non-hydrogen) atoms. The molecule has 2 amide bonds. The number of ether oxygens (including phenoxy) is 2. The van der Waals surface area contributed by atoms with Gasteiger partial charge in [0.25, 0.3) is 5.91 Å². The first-order chi connectivity index (χ1) is 10.0. The van der Waals surface area contributed by atoms with Crippen LogP contribution in [0.4, 0.5) is 0 Å². The molecule has 1 unspecified atom stereocenters. The molecule has 1 aromatic carbocycles. The van der Waals surface area contributed by atoms with E-state index < -0.39 is 17.8 Å². The standard InChI is InChI=1S/C14H16N2O5/c1-20-11-5-3-9(4-6-11)13(18)16-8-10(14(19)21-2)7-12(17)15-16/h3-6,10H,7-8H2,1-2H3,(H,15,17). The first-order valence-electron chi connectivity index (χ1n) is 6.38. The van der Waals surface area contributed by atoms with Gasteiger partial charge < -0.3 is 9.47 Å². The SMILES string of the molecule is COC(=O)C1CC(=O)NN(C(=O)c2ccc(OC)cc2)C1. The average molecular weight is 292 g/mol. The zero-order valence-corrected chi connectivity index (χ0v) is 11.8. The molecule has 2 rings (SSSR count). The summed E-state index contributed by atoms with van der Waals surface area (Å²) >= 11 is 0. The van der Waals surface area contributed by atoms with Crippen molar-refractivity contribution in [2.75, 3.05) is 20.8 Å². The predicted molar refractivity (Wildman–Crippen MR) is 72.3 cm³/mol. The van der Waals surface area contributed by atoms with Crippen molar-refractivity contribution in [3.05, 3.63) is 29.8 Å². The summed E-state index contributed by atoms with van der Waals surface area (Å²) in [6, 6.07) is 6.48. The van der Waals surface area contributed by atoms with Crippen LogP contribution in [-0.2, 0) is 14.3 Å². The maximum atomic E-state index is 12.3. The second-order valence-corrected chi connectivity index (χ2v) is 4.60. The lowest BCUT2D eigenvalue weighted by Gasteiger charge is -2.31. The molecule has 0 saturated carbocycles. The Morgan fingerprint density at radius 3 is 2.48 bits per heavy atom. The molecule has 7 nitrogen and oxygen atoms in total. The maximum absolute atomic E-state index is 12.3. The summed E-state index contributed by atoms with van der Waals surface area (Å²) in [5, 5.41) is 1.13. The van der Waals surface area contributed by atoms with Gasteiger partial charge in [-0.2, -0.15) is 0 Å². The summed E-state index contributed by atoms with van der Waals surface area (Å²) in [7, 11) is 2.78. The van der Waals surface area contributed by atoms with Gasteiger partial charge in [0.05, 0.1) is 26.7 Å². The van der Waals surface area contributed by atoms with E-state index in [-0.39, 0.29) is 18.9 Å². The van der Waals surface area contributed by atoms with E-state index in [0.29, 0.717) is 11.3 Å². The first kappa shape index (κ1) is 14.8. The van der Waals surface area contributed by atoms with Crippen LogP contribution in [0.3, 0.4) is 0 Å². The molecule has 1 aliphatic rings. The molecular formula is C14H16N2O5. The van der Waals surface area contributed by atoms with Gasteiger partial charge in [-0.15, -0.1) is 0 Å². The lowest BCUT2D eigenvalue weighted by Crippen LogP contribution is -2.54. The van der Waals surface area contributed by atoms with E-state index in [1.165, 1.54) is 14.2 Å². The fourth-order valence-corrected chi connectivity index (χ4v) is 2.10. The Hall–Kier alpha value is -2.57. The molecule has 0 aromatic heterocycles. The van der Waals surface area contributed by atoms with Crippen LogP contribution in [0, 0.1) is 5.92 Å². The second kappa shape index (κ2) is 6.25. The van der Waals surface area contributed by atoms with Crippen molar-refractivity contribution >= 4 is 17.8 Å². The Bertz CT molecular complexity index is 555. The molecule has 1 aliphatic heterocycles. The van der Waals surface area contributed by atoms with Gasteiger partial charge in [0.1, 0.15) is 5.75 Å². The van der Waals surface area contributed by atoms with Crippen LogP contribution < -0.4 is 10.2 Å². The fraction of sp³-hybridized carbons (Fsp3) is 0.357. The summed E-state index contributed by atoms with van der Waals surface area (Å²) in [5.74, 6) is -1.30. The third-order valence-corrected chi connectivity index (χ3v) is 3.21. The summed E-state index contributed by atoms with van der Waals surface area (Å²) in [6.07, 6.45) is 0.0130. The quantitative estimate of drug-likeness (QED) is 0.813. The van der Waals surface area contributed by atoms with Gasteiger partial charge in [-0.1, -0.05) is 0 Å². The van der Waals surface area contributed by atoms with Crippen LogP contribution in [0.2, 0.25) is 0 Å². The van der Waals surface area contributed by atoms with Crippen molar-refractivity contribution in [1.82, 2.24) is 10.4 Å². The number of esters is 1. The highest BCUT2D eigenvalue weighted by Gasteiger charge is 2.33. The summed E-state index contributed by atoms with van der Waals surface area (Å²) in [4.78, 5) is 35.5. The number of hydrazine groups is 1. The van der Waals surface area contributed by atoms with Crippen molar-refractivity contribution in [3.8, 4) is 5.75 Å². The van der Waals surface area contributed by atoms with Gasteiger partial charge in [0.15, 0.2) is 0 Å². The predicted octanol–water partition coefficient (Wildman–Crippen LogP) is 0.361. The minimum absolute atomic E-state index is 0.0130. The number of hydrogen-bond donors (Lipinski definition) is 1. The van der Waals surface area contributed by atoms with Crippen molar-refractivity contribution in [1.29, 1.82) is 0 Å². The Balaban J connectivity index is 2.13. The van der Waals surface area contributed by atoms with Crippen LogP contribution in [0.5, 0.6) is 5.75 Å². The normalized spacial score (nSPS) is 17.9. The number of benzene rings is 1. The highest BCUT2D eigenvalue weighted by Crippen LogP contribution is 2.17. The van der Waals surface area contributed by atoms with Gasteiger partial charge in [0, 0.05) is 12.0 Å². The lowest BCUT2D eigenvalue weighted by molar-refractivity contribution is -0.151. The molecule has 1 N–H and O–H groups in total. The van der Waals surface area contributed by atoms with Gasteiger partial charge in [0.2, 0.25) is 5.91 Å². The zero-order valence-electron chi connectivity index (χ0n) is 11.8. The van der Waals surface area contributed by atoms with Crippen molar-refractivity contribution in [2.24, 2.45) is 5.92 Å². The van der Waals surface area contributed by atoms with Crippen LogP contribution in [0.25, 0.3) is 0 Å². The minimum atomic E-state index is -0.647. The topological polar surface area (TPSA) is 84.9 Å². The molecule has 1 atom stereocenters. The highest BCUT2D eigenvalue weighted by molar-refractivity contribution is 5.97. The van der Waals surface area contributed by atoms with Crippen LogP contribution in [-0.4, -0.2) is 43.6 Å². The van der Waals surface area contributed by atoms with Crippen molar-refractivity contribution in [2.45, 2.75) is 6.42 Å². The number of methoxy groups -OCH3 is 2. The molecule has 1 aromatic rings. The van der Waals surface area contributed by atoms with Crippen LogP contribution in [0.15, 0.2) is 24.3 Å². The average Bonchev–Trinajstić information content (AvgIpc) is 2.52. The van der Waals surface area contributed by atoms with E-state index in [1.807, 2.05) is 0 Å². The number of hydrogen-bond acceptors (Lipinski definition) is 5. The number of carbonyl (C=O) groups excluding carboxylic acids is 3. The monoisotopic (exact) mass is 292 g/mol. The van der Waals surface area contributed by atoms with E-state index in [0.717, 1.165) is 5.01 Å². The molecule has 112 valence electrons. The summed E-state index contributed by atoms with van der Waals surface area (Å²) in [6.45, 7) is 0.0866. The third kappa shape index (κ3) is 3.31. The molecular weight excluding hydrogens is 276 g/mol. The largest absolute Gasteiger partial charge is 0.497 e. The molecule has 1 heterocycles. The van der Waals surface area contributed by atoms with Crippen LogP contribution >= 0.6 is 0 Å². The van der Waals surface area contributed by atoms with Gasteiger partial charge in [-0.25, -0.2) is 5.01 Å². The number of rotatable bonds is 3. The Morgan fingerprint density at radius 2 is 1.90 bits per heavy atom. The number of nitrogens with zero attached hydrogens (tertiary/aromatic N) is 1. The Morgan fingerprint density at radius 1 is 1.24 bits per heavy atom. The first-order valence-corrected chi connectivity index (χ1v) is 6.38. The summed E-state index contributed by atoms with van der Waals surface area (Å²) < 4.78 is 9.65. The van der Waals surface area contributed by atoms with Gasteiger partial charge >= 0.3 is 5.97 Å². The second-order valence-electron chi connectivity index (χ2n) is 4.60. The highest BCUT2D eigenvalue weighted by atomic mass is 16.5. The molecule has 7 heteroatoms. The molecule has 0 radical (unpaired) electrons. The maximum Gasteiger partial charge on any atom is 0.311 e. The van der Waals surface area contributed by atoms with E-state index in [4.69, 9.17) is 4.74 Å². The smallest absolute Gasteiger partial charge is 0.311 e. The lowest BCUT2D eigenvalue weighted by atomic mass is 10.0.